The summed E-state index contributed by atoms with van der Waals surface area (Å²) in [6.07, 6.45) is 4.87. The molecule has 6 rings (SSSR count). The molecule has 1 aliphatic heterocycles. The van der Waals surface area contributed by atoms with Crippen molar-refractivity contribution in [1.82, 2.24) is 29.3 Å². The number of nitrogens with one attached hydrogen (secondary N) is 1. The van der Waals surface area contributed by atoms with Crippen molar-refractivity contribution in [2.24, 2.45) is 0 Å². The van der Waals surface area contributed by atoms with E-state index in [1.165, 1.54) is 0 Å². The number of ether oxygens (including phenoxy) is 3. The summed E-state index contributed by atoms with van der Waals surface area (Å²) in [7, 11) is 2.70. The summed E-state index contributed by atoms with van der Waals surface area (Å²) >= 11 is 0. The molecule has 1 aromatic carbocycles. The van der Waals surface area contributed by atoms with Gasteiger partial charge in [0.1, 0.15) is 12.1 Å². The lowest BCUT2D eigenvalue weighted by molar-refractivity contribution is -0.106. The van der Waals surface area contributed by atoms with Crippen LogP contribution >= 0.6 is 0 Å². The van der Waals surface area contributed by atoms with Crippen molar-refractivity contribution in [1.29, 1.82) is 0 Å². The average Bonchev–Trinajstić information content (AvgIpc) is 3.76. The van der Waals surface area contributed by atoms with Crippen LogP contribution in [-0.4, -0.2) is 84.1 Å². The Balaban J connectivity index is 1.36. The Morgan fingerprint density at radius 2 is 1.73 bits per heavy atom. The molecule has 260 valence electrons. The molecule has 0 spiro atoms. The minimum absolute atomic E-state index is 0.0871. The van der Waals surface area contributed by atoms with Gasteiger partial charge in [-0.25, -0.2) is 18.4 Å². The summed E-state index contributed by atoms with van der Waals surface area (Å²) in [5.74, 6) is 0.328. The number of alkyl halides is 2. The largest absolute Gasteiger partial charge is 0.493 e. The fraction of sp³-hybridized carbons (Fsp3) is 0.576. The number of fused-ring (bicyclic) bond motifs is 1. The molecule has 4 heterocycles. The summed E-state index contributed by atoms with van der Waals surface area (Å²) in [4.78, 5) is 16.7. The van der Waals surface area contributed by atoms with Gasteiger partial charge < -0.3 is 33.4 Å². The normalized spacial score (nSPS) is 18.3. The highest BCUT2D eigenvalue weighted by Gasteiger charge is 2.48. The summed E-state index contributed by atoms with van der Waals surface area (Å²) in [5, 5.41) is 8.87. The van der Waals surface area contributed by atoms with E-state index in [0.29, 0.717) is 47.0 Å². The zero-order valence-electron chi connectivity index (χ0n) is 29.2. The number of imidazole rings is 1. The Morgan fingerprint density at radius 3 is 2.33 bits per heavy atom. The second-order valence-electron chi connectivity index (χ2n) is 14.3. The first-order chi connectivity index (χ1) is 22.6. The average molecular weight is 685 g/mol. The van der Waals surface area contributed by atoms with Gasteiger partial charge in [0.05, 0.1) is 63.0 Å². The van der Waals surface area contributed by atoms with Crippen LogP contribution in [0.2, 0.25) is 18.1 Å². The first-order valence-corrected chi connectivity index (χ1v) is 19.2. The monoisotopic (exact) mass is 684 g/mol. The van der Waals surface area contributed by atoms with Crippen molar-refractivity contribution in [3.63, 3.8) is 0 Å². The van der Waals surface area contributed by atoms with Crippen LogP contribution in [0.5, 0.6) is 17.2 Å². The van der Waals surface area contributed by atoms with Gasteiger partial charge in [-0.3, -0.25) is 0 Å². The molecule has 1 aliphatic carbocycles. The number of nitrogens with zero attached hydrogens (tertiary/aromatic N) is 7. The van der Waals surface area contributed by atoms with Gasteiger partial charge in [0.25, 0.3) is 5.92 Å². The number of hydrogen-bond donors (Lipinski definition) is 1. The first kappa shape index (κ1) is 33.9. The minimum Gasteiger partial charge on any atom is -0.493 e. The highest BCUT2D eigenvalue weighted by molar-refractivity contribution is 6.74. The van der Waals surface area contributed by atoms with Crippen LogP contribution < -0.4 is 24.4 Å². The topological polar surface area (TPSA) is 114 Å². The van der Waals surface area contributed by atoms with Gasteiger partial charge in [-0.05, 0) is 37.9 Å². The zero-order valence-corrected chi connectivity index (χ0v) is 30.2. The summed E-state index contributed by atoms with van der Waals surface area (Å²) in [6, 6.07) is 3.31. The van der Waals surface area contributed by atoms with E-state index < -0.39 is 20.3 Å². The van der Waals surface area contributed by atoms with Crippen LogP contribution in [0.15, 0.2) is 24.7 Å². The molecular weight excluding hydrogens is 638 g/mol. The van der Waals surface area contributed by atoms with Gasteiger partial charge in [0.2, 0.25) is 11.7 Å². The maximum absolute atomic E-state index is 14.0. The van der Waals surface area contributed by atoms with E-state index in [1.807, 2.05) is 23.6 Å². The van der Waals surface area contributed by atoms with E-state index in [1.54, 1.807) is 38.5 Å². The lowest BCUT2D eigenvalue weighted by atomic mass is 9.88. The fourth-order valence-corrected chi connectivity index (χ4v) is 7.22. The molecule has 0 unspecified atom stereocenters. The number of hydrogen-bond acceptors (Lipinski definition) is 10. The van der Waals surface area contributed by atoms with Crippen LogP contribution in [0.25, 0.3) is 16.7 Å². The minimum atomic E-state index is -2.70. The Bertz CT molecular complexity index is 1770. The van der Waals surface area contributed by atoms with Crippen molar-refractivity contribution in [2.45, 2.75) is 89.5 Å². The first-order valence-electron chi connectivity index (χ1n) is 16.3. The molecule has 0 amide bonds. The van der Waals surface area contributed by atoms with Gasteiger partial charge in [-0.15, -0.1) is 0 Å². The lowest BCUT2D eigenvalue weighted by Crippen LogP contribution is -2.45. The maximum Gasteiger partial charge on any atom is 0.252 e. The molecule has 0 radical (unpaired) electrons. The summed E-state index contributed by atoms with van der Waals surface area (Å²) in [5.41, 5.74) is 1.98. The number of anilines is 3. The molecule has 1 saturated heterocycles. The van der Waals surface area contributed by atoms with Crippen molar-refractivity contribution in [2.75, 3.05) is 44.7 Å². The van der Waals surface area contributed by atoms with Crippen LogP contribution in [0.4, 0.5) is 26.4 Å². The molecule has 48 heavy (non-hydrogen) atoms. The standard InChI is InChI=1S/C33H46F2N8O4Si/c1-20-27-29(42-12-10-11-21(42)18-47-48(8,9)32(2,3)4)38-31(39-30(27)43(40-20)23-15-33(34,35)16-23)37-26-17-41(19-36-26)22-13-24(44-5)28(46-7)25(14-22)45-6/h13-14,17,19,21,23H,10-12,15-16,18H2,1-9H3,(H,37,38,39)/t21-/m0/s1. The molecular formula is C33H46F2N8O4Si. The molecule has 2 aliphatic rings. The molecule has 1 atom stereocenters. The molecule has 0 bridgehead atoms. The summed E-state index contributed by atoms with van der Waals surface area (Å²) in [6.45, 7) is 14.5. The molecule has 2 fully saturated rings. The van der Waals surface area contributed by atoms with E-state index >= 15 is 0 Å². The Kier molecular flexibility index (Phi) is 8.81. The molecule has 1 saturated carbocycles. The fourth-order valence-electron chi connectivity index (χ4n) is 6.17. The van der Waals surface area contributed by atoms with Gasteiger partial charge in [-0.1, -0.05) is 20.8 Å². The number of halogens is 2. The van der Waals surface area contributed by atoms with Crippen LogP contribution in [-0.2, 0) is 4.43 Å². The van der Waals surface area contributed by atoms with Gasteiger partial charge in [0, 0.05) is 31.5 Å². The second kappa shape index (κ2) is 12.5. The third-order valence-corrected chi connectivity index (χ3v) is 14.5. The number of aromatic nitrogens is 6. The molecule has 15 heteroatoms. The predicted octanol–water partition coefficient (Wildman–Crippen LogP) is 7.05. The van der Waals surface area contributed by atoms with Crippen molar-refractivity contribution < 1.29 is 27.4 Å². The van der Waals surface area contributed by atoms with Gasteiger partial charge in [-0.2, -0.15) is 15.1 Å². The highest BCUT2D eigenvalue weighted by atomic mass is 28.4. The van der Waals surface area contributed by atoms with E-state index in [0.717, 1.165) is 36.3 Å². The molecule has 12 nitrogen and oxygen atoms in total. The molecule has 4 aromatic rings. The third-order valence-electron chi connectivity index (χ3n) is 9.98. The van der Waals surface area contributed by atoms with Crippen LogP contribution in [0, 0.1) is 6.92 Å². The molecule has 3 aromatic heterocycles. The second-order valence-corrected chi connectivity index (χ2v) is 19.1. The van der Waals surface area contributed by atoms with Crippen LogP contribution in [0.1, 0.15) is 58.2 Å². The van der Waals surface area contributed by atoms with Gasteiger partial charge >= 0.3 is 0 Å². The third kappa shape index (κ3) is 6.29. The summed E-state index contributed by atoms with van der Waals surface area (Å²) < 4.78 is 54.7. The Labute approximate surface area is 280 Å². The van der Waals surface area contributed by atoms with Crippen molar-refractivity contribution in [3.8, 4) is 22.9 Å². The maximum atomic E-state index is 14.0. The smallest absolute Gasteiger partial charge is 0.252 e. The molecule has 1 N–H and O–H groups in total. The van der Waals surface area contributed by atoms with E-state index in [2.05, 4.69) is 49.1 Å². The Morgan fingerprint density at radius 1 is 1.04 bits per heavy atom. The number of methoxy groups -OCH3 is 3. The lowest BCUT2D eigenvalue weighted by Gasteiger charge is -2.38. The number of aryl methyl sites for hydroxylation is 1. The SMILES string of the molecule is COc1cc(-n2cnc(Nc3nc(N4CCC[C@H]4CO[Si](C)(C)C(C)(C)C)c4c(C)nn(C5CC(F)(F)C5)c4n3)c2)cc(OC)c1OC. The van der Waals surface area contributed by atoms with Crippen molar-refractivity contribution in [3.05, 3.63) is 30.4 Å². The van der Waals surface area contributed by atoms with E-state index in [9.17, 15) is 8.78 Å². The van der Waals surface area contributed by atoms with E-state index in [4.69, 9.17) is 33.7 Å². The predicted molar refractivity (Wildman–Crippen MR) is 183 cm³/mol. The highest BCUT2D eigenvalue weighted by Crippen LogP contribution is 2.47. The number of rotatable bonds is 11. The van der Waals surface area contributed by atoms with E-state index in [-0.39, 0.29) is 23.9 Å². The Hall–Kier alpha value is -3.98. The van der Waals surface area contributed by atoms with Gasteiger partial charge in [0.15, 0.2) is 31.3 Å². The van der Waals surface area contributed by atoms with Crippen molar-refractivity contribution >= 4 is 36.9 Å². The quantitative estimate of drug-likeness (QED) is 0.165. The zero-order chi connectivity index (χ0) is 34.6. The van der Waals surface area contributed by atoms with Crippen LogP contribution in [0.3, 0.4) is 0 Å². The number of benzene rings is 1.